The van der Waals surface area contributed by atoms with E-state index >= 15 is 0 Å². The summed E-state index contributed by atoms with van der Waals surface area (Å²) < 4.78 is 31.5. The van der Waals surface area contributed by atoms with Crippen molar-refractivity contribution in [2.45, 2.75) is 150 Å². The first-order chi connectivity index (χ1) is 26.7. The van der Waals surface area contributed by atoms with Crippen LogP contribution in [0.1, 0.15) is 114 Å². The van der Waals surface area contributed by atoms with Gasteiger partial charge in [0.15, 0.2) is 12.4 Å². The van der Waals surface area contributed by atoms with E-state index in [0.717, 1.165) is 104 Å². The molecule has 13 atom stereocenters. The van der Waals surface area contributed by atoms with Crippen LogP contribution in [0, 0.1) is 76.9 Å². The van der Waals surface area contributed by atoms with Gasteiger partial charge in [0.25, 0.3) is 0 Å². The lowest BCUT2D eigenvalue weighted by molar-refractivity contribution is -0.245. The van der Waals surface area contributed by atoms with Gasteiger partial charge in [0.05, 0.1) is 43.7 Å². The van der Waals surface area contributed by atoms with Gasteiger partial charge in [0.2, 0.25) is 0 Å². The predicted octanol–water partition coefficient (Wildman–Crippen LogP) is 6.26. The number of fused-ring (bicyclic) bond motifs is 4. The number of carbonyl (C=O) groups excluding carboxylic acids is 1. The Morgan fingerprint density at radius 3 is 2.14 bits per heavy atom. The Bertz CT molecular complexity index is 1350. The van der Waals surface area contributed by atoms with E-state index in [1.807, 2.05) is 0 Å². The number of aliphatic hydroxyl groups excluding tert-OH is 1. The second-order valence-corrected chi connectivity index (χ2v) is 19.5. The maximum Gasteiger partial charge on any atom is 0.303 e. The fraction of sp³-hybridized carbons (Fsp3) is 0.894. The summed E-state index contributed by atoms with van der Waals surface area (Å²) in [7, 11) is 1.00. The van der Waals surface area contributed by atoms with Gasteiger partial charge in [0, 0.05) is 53.3 Å². The van der Waals surface area contributed by atoms with Gasteiger partial charge in [-0.15, -0.1) is 25.7 Å². The zero-order chi connectivity index (χ0) is 41.3. The number of rotatable bonds is 8. The number of morpholine rings is 2. The van der Waals surface area contributed by atoms with Crippen LogP contribution in [0.25, 0.3) is 0 Å². The van der Waals surface area contributed by atoms with Gasteiger partial charge in [0.1, 0.15) is 0 Å². The van der Waals surface area contributed by atoms with Crippen molar-refractivity contribution >= 4 is 5.97 Å². The lowest BCUT2D eigenvalue weighted by Gasteiger charge is -2.60. The van der Waals surface area contributed by atoms with Crippen molar-refractivity contribution in [1.29, 1.82) is 0 Å². The molecular formula is C47H80N2O8. The highest BCUT2D eigenvalue weighted by Gasteiger charge is 2.84. The van der Waals surface area contributed by atoms with Crippen molar-refractivity contribution in [2.24, 2.45) is 51.2 Å². The quantitative estimate of drug-likeness (QED) is 0.216. The first kappa shape index (κ1) is 47.9. The molecule has 0 aromatic carbocycles. The summed E-state index contributed by atoms with van der Waals surface area (Å²) in [4.78, 5) is 17.1. The molecule has 5 aliphatic carbocycles. The second kappa shape index (κ2) is 18.9. The van der Waals surface area contributed by atoms with Crippen LogP contribution in [-0.2, 0) is 28.5 Å². The molecule has 10 heteroatoms. The molecule has 57 heavy (non-hydrogen) atoms. The number of carbonyl (C=O) groups is 1. The van der Waals surface area contributed by atoms with E-state index < -0.39 is 11.7 Å². The molecule has 8 rings (SSSR count). The van der Waals surface area contributed by atoms with Crippen molar-refractivity contribution in [3.05, 3.63) is 0 Å². The van der Waals surface area contributed by atoms with Gasteiger partial charge < -0.3 is 33.9 Å². The van der Waals surface area contributed by atoms with Crippen molar-refractivity contribution in [2.75, 3.05) is 66.2 Å². The van der Waals surface area contributed by atoms with Crippen LogP contribution in [0.4, 0.5) is 0 Å². The van der Waals surface area contributed by atoms with Crippen LogP contribution in [0.3, 0.4) is 0 Å². The van der Waals surface area contributed by atoms with Crippen LogP contribution in [0.2, 0.25) is 0 Å². The normalized spacial score (nSPS) is 42.2. The molecule has 10 nitrogen and oxygen atoms in total. The van der Waals surface area contributed by atoms with Crippen LogP contribution in [-0.4, -0.2) is 128 Å². The first-order valence-corrected chi connectivity index (χ1v) is 21.7. The number of ether oxygens (including phenoxy) is 5. The fourth-order valence-electron chi connectivity index (χ4n) is 14.6. The van der Waals surface area contributed by atoms with Crippen LogP contribution < -0.4 is 0 Å². The summed E-state index contributed by atoms with van der Waals surface area (Å²) in [5.41, 5.74) is 0.147. The lowest BCUT2D eigenvalue weighted by Crippen LogP contribution is -2.56. The van der Waals surface area contributed by atoms with E-state index in [9.17, 15) is 9.90 Å². The molecule has 0 bridgehead atoms. The van der Waals surface area contributed by atoms with Gasteiger partial charge in [-0.2, -0.15) is 0 Å². The molecule has 0 radical (unpaired) electrons. The smallest absolute Gasteiger partial charge is 0.303 e. The molecule has 3 saturated heterocycles. The van der Waals surface area contributed by atoms with Gasteiger partial charge >= 0.3 is 5.97 Å². The summed E-state index contributed by atoms with van der Waals surface area (Å²) in [6.45, 7) is 23.8. The topological polar surface area (TPSA) is 110 Å². The van der Waals surface area contributed by atoms with Crippen molar-refractivity contribution in [3.8, 4) is 25.7 Å². The van der Waals surface area contributed by atoms with Gasteiger partial charge in [-0.1, -0.05) is 35.1 Å². The highest BCUT2D eigenvalue weighted by Crippen LogP contribution is 2.89. The molecule has 6 unspecified atom stereocenters. The minimum absolute atomic E-state index is 0. The average Bonchev–Trinajstić information content (AvgIpc) is 3.57. The standard InChI is InChI=1S/C41H68N2O7.2C2H2.CH4O.CH4/c1-26-40-15-14-39(7)29-8-10-31(36(38(5,6)45)48-27(2)44)49-32(29)24-30(39)28(40)9-11-33-37(3,4)34(12-13-41(26,33)40)50-35-25-43(20-23-47-35)17-16-42-18-21-46-22-19-42;3*1-2;/h26,28-36,45H,8-25H2,1-7H3;2*1-2H;2H,1H3;1H4/t26-,28-,29?,30?,31+,32?,33?,34-,35?,36-,39+,40-,41?;;;;/m0..../s1. The Hall–Kier alpha value is -1.73. The molecular weight excluding hydrogens is 721 g/mol. The Labute approximate surface area is 346 Å². The second-order valence-electron chi connectivity index (χ2n) is 19.5. The largest absolute Gasteiger partial charge is 0.457 e. The number of nitrogens with zero attached hydrogens (tertiary/aromatic N) is 2. The molecule has 326 valence electrons. The number of hydrogen-bond donors (Lipinski definition) is 2. The molecule has 3 aliphatic heterocycles. The summed E-state index contributed by atoms with van der Waals surface area (Å²) in [5.74, 6) is 3.09. The third-order valence-corrected chi connectivity index (χ3v) is 16.8. The van der Waals surface area contributed by atoms with E-state index in [1.54, 1.807) is 13.8 Å². The van der Waals surface area contributed by atoms with Gasteiger partial charge in [-0.05, 0) is 123 Å². The van der Waals surface area contributed by atoms with E-state index in [0.29, 0.717) is 34.0 Å². The number of terminal acetylenes is 2. The van der Waals surface area contributed by atoms with E-state index in [2.05, 4.69) is 63.2 Å². The van der Waals surface area contributed by atoms with E-state index in [-0.39, 0.29) is 43.4 Å². The monoisotopic (exact) mass is 801 g/mol. The minimum Gasteiger partial charge on any atom is -0.457 e. The Balaban J connectivity index is 0.000000984. The molecule has 2 N–H and O–H groups in total. The van der Waals surface area contributed by atoms with Crippen molar-refractivity contribution < 1.29 is 38.7 Å². The predicted molar refractivity (Wildman–Crippen MR) is 225 cm³/mol. The summed E-state index contributed by atoms with van der Waals surface area (Å²) in [6, 6.07) is 0. The van der Waals surface area contributed by atoms with Crippen LogP contribution >= 0.6 is 0 Å². The summed E-state index contributed by atoms with van der Waals surface area (Å²) in [6.07, 6.45) is 26.2. The fourth-order valence-corrected chi connectivity index (χ4v) is 14.6. The molecule has 3 heterocycles. The van der Waals surface area contributed by atoms with Crippen LogP contribution in [0.5, 0.6) is 0 Å². The maximum atomic E-state index is 12.0. The van der Waals surface area contributed by atoms with Gasteiger partial charge in [-0.3, -0.25) is 14.6 Å². The molecule has 8 aliphatic rings. The maximum absolute atomic E-state index is 12.0. The molecule has 5 saturated carbocycles. The SMILES string of the molecule is C.C#C.C#C.CC(=O)O[C@@H]([C@H]1CCC2C(CC3[C@@H]4CCC5C(C)(C)[C@@H](OC6CN(CCN7CCOCC7)CCO6)CCC56[C@@H](C)[C@@]46CC[C@]23C)O1)C(C)(C)O.CO. The molecule has 0 amide bonds. The molecule has 0 aromatic rings. The Morgan fingerprint density at radius 1 is 0.860 bits per heavy atom. The lowest BCUT2D eigenvalue weighted by atomic mass is 9.46. The third-order valence-electron chi connectivity index (χ3n) is 16.8. The Morgan fingerprint density at radius 2 is 1.49 bits per heavy atom. The number of esters is 1. The third kappa shape index (κ3) is 8.35. The van der Waals surface area contributed by atoms with Crippen LogP contribution in [0.15, 0.2) is 0 Å². The zero-order valence-corrected chi connectivity index (χ0v) is 36.0. The zero-order valence-electron chi connectivity index (χ0n) is 36.0. The highest BCUT2D eigenvalue weighted by atomic mass is 16.7. The minimum atomic E-state index is -1.14. The van der Waals surface area contributed by atoms with Gasteiger partial charge in [-0.25, -0.2) is 0 Å². The highest BCUT2D eigenvalue weighted by molar-refractivity contribution is 5.66. The number of hydrogen-bond acceptors (Lipinski definition) is 10. The average molecular weight is 801 g/mol. The van der Waals surface area contributed by atoms with Crippen molar-refractivity contribution in [3.63, 3.8) is 0 Å². The summed E-state index contributed by atoms with van der Waals surface area (Å²) >= 11 is 0. The molecule has 0 aromatic heterocycles. The molecule has 8 fully saturated rings. The van der Waals surface area contributed by atoms with E-state index in [4.69, 9.17) is 28.8 Å². The summed E-state index contributed by atoms with van der Waals surface area (Å²) in [5, 5.41) is 18.0. The van der Waals surface area contributed by atoms with E-state index in [1.165, 1.54) is 39.0 Å². The van der Waals surface area contributed by atoms with Crippen molar-refractivity contribution in [1.82, 2.24) is 9.80 Å². The molecule has 2 spiro atoms. The first-order valence-electron chi connectivity index (χ1n) is 21.7. The Kier molecular flexibility index (Phi) is 15.9. The number of aliphatic hydroxyl groups is 2.